The van der Waals surface area contributed by atoms with E-state index in [1.807, 2.05) is 31.3 Å². The Hall–Kier alpha value is -2.37. The number of aliphatic carboxylic acids is 1. The lowest BCUT2D eigenvalue weighted by Crippen LogP contribution is -2.24. The number of nitrogens with zero attached hydrogens (tertiary/aromatic N) is 4. The zero-order valence-electron chi connectivity index (χ0n) is 11.2. The molecule has 1 aromatic heterocycles. The van der Waals surface area contributed by atoms with Crippen molar-refractivity contribution in [3.05, 3.63) is 42.0 Å². The molecule has 1 aliphatic rings. The number of anilines is 1. The maximum absolute atomic E-state index is 11.0. The average molecular weight is 272 g/mol. The Bertz CT molecular complexity index is 638. The van der Waals surface area contributed by atoms with Crippen LogP contribution in [-0.2, 0) is 18.4 Å². The summed E-state index contributed by atoms with van der Waals surface area (Å²) in [6.07, 6.45) is 1.69. The molecule has 0 amide bonds. The molecule has 20 heavy (non-hydrogen) atoms. The Balaban J connectivity index is 1.87. The molecule has 2 aromatic rings. The van der Waals surface area contributed by atoms with Crippen molar-refractivity contribution in [1.29, 1.82) is 0 Å². The number of fused-ring (bicyclic) bond motifs is 1. The number of para-hydroxylation sites is 1. The summed E-state index contributed by atoms with van der Waals surface area (Å²) in [6, 6.07) is 7.98. The van der Waals surface area contributed by atoms with Crippen molar-refractivity contribution in [2.75, 3.05) is 11.4 Å². The summed E-state index contributed by atoms with van der Waals surface area (Å²) >= 11 is 0. The second-order valence-corrected chi connectivity index (χ2v) is 5.03. The van der Waals surface area contributed by atoms with Crippen LogP contribution in [0.2, 0.25) is 0 Å². The quantitative estimate of drug-likeness (QED) is 0.910. The number of rotatable bonds is 4. The summed E-state index contributed by atoms with van der Waals surface area (Å²) in [5.41, 5.74) is 2.21. The molecule has 0 saturated carbocycles. The van der Waals surface area contributed by atoms with E-state index in [1.54, 1.807) is 4.68 Å². The van der Waals surface area contributed by atoms with Gasteiger partial charge in [0.15, 0.2) is 0 Å². The number of carboxylic acids is 1. The van der Waals surface area contributed by atoms with E-state index in [1.165, 1.54) is 6.33 Å². The Labute approximate surface area is 116 Å². The van der Waals surface area contributed by atoms with Gasteiger partial charge in [-0.2, -0.15) is 5.10 Å². The van der Waals surface area contributed by atoms with E-state index in [0.29, 0.717) is 13.1 Å². The molecule has 0 bridgehead atoms. The number of aryl methyl sites for hydroxylation is 1. The van der Waals surface area contributed by atoms with Gasteiger partial charge in [-0.1, -0.05) is 18.2 Å². The average Bonchev–Trinajstić information content (AvgIpc) is 2.96. The van der Waals surface area contributed by atoms with Crippen molar-refractivity contribution in [3.8, 4) is 0 Å². The molecule has 1 atom stereocenters. The van der Waals surface area contributed by atoms with Gasteiger partial charge in [0, 0.05) is 25.2 Å². The smallest absolute Gasteiger partial charge is 0.304 e. The highest BCUT2D eigenvalue weighted by atomic mass is 16.4. The number of aromatic nitrogens is 3. The standard InChI is InChI=1S/C14H16N4O2/c1-17-13(15-9-16-17)8-18-7-10(6-14(19)20)11-4-2-3-5-12(11)18/h2-5,9-10H,6-8H2,1H3,(H,19,20). The second kappa shape index (κ2) is 4.96. The molecule has 0 spiro atoms. The van der Waals surface area contributed by atoms with E-state index in [0.717, 1.165) is 17.1 Å². The first-order chi connectivity index (χ1) is 9.65. The normalized spacial score (nSPS) is 17.2. The molecule has 3 rings (SSSR count). The fourth-order valence-corrected chi connectivity index (χ4v) is 2.75. The lowest BCUT2D eigenvalue weighted by atomic mass is 9.98. The molecule has 6 heteroatoms. The second-order valence-electron chi connectivity index (χ2n) is 5.03. The highest BCUT2D eigenvalue weighted by Gasteiger charge is 2.30. The zero-order chi connectivity index (χ0) is 14.1. The van der Waals surface area contributed by atoms with Crippen LogP contribution < -0.4 is 4.90 Å². The third kappa shape index (κ3) is 2.24. The monoisotopic (exact) mass is 272 g/mol. The highest BCUT2D eigenvalue weighted by Crippen LogP contribution is 2.38. The van der Waals surface area contributed by atoms with Gasteiger partial charge in [0.25, 0.3) is 0 Å². The van der Waals surface area contributed by atoms with Crippen molar-refractivity contribution in [3.63, 3.8) is 0 Å². The maximum Gasteiger partial charge on any atom is 0.304 e. The number of carboxylic acid groups (broad SMARTS) is 1. The Kier molecular flexibility index (Phi) is 3.14. The molecule has 1 aromatic carbocycles. The molecule has 0 fully saturated rings. The van der Waals surface area contributed by atoms with Crippen LogP contribution in [0.3, 0.4) is 0 Å². The first kappa shape index (κ1) is 12.7. The third-order valence-corrected chi connectivity index (χ3v) is 3.72. The molecule has 1 unspecified atom stereocenters. The minimum atomic E-state index is -0.759. The van der Waals surface area contributed by atoms with Crippen molar-refractivity contribution in [2.45, 2.75) is 18.9 Å². The molecular formula is C14H16N4O2. The Morgan fingerprint density at radius 3 is 2.95 bits per heavy atom. The van der Waals surface area contributed by atoms with Crippen LogP contribution in [0, 0.1) is 0 Å². The minimum absolute atomic E-state index is 0.0388. The van der Waals surface area contributed by atoms with Crippen LogP contribution in [0.4, 0.5) is 5.69 Å². The number of benzene rings is 1. The van der Waals surface area contributed by atoms with E-state index in [9.17, 15) is 4.79 Å². The van der Waals surface area contributed by atoms with E-state index in [-0.39, 0.29) is 12.3 Å². The van der Waals surface area contributed by atoms with Gasteiger partial charge < -0.3 is 10.0 Å². The molecule has 1 aliphatic heterocycles. The summed E-state index contributed by atoms with van der Waals surface area (Å²) in [5, 5.41) is 13.1. The lowest BCUT2D eigenvalue weighted by Gasteiger charge is -2.19. The van der Waals surface area contributed by atoms with E-state index in [2.05, 4.69) is 15.0 Å². The zero-order valence-corrected chi connectivity index (χ0v) is 11.2. The van der Waals surface area contributed by atoms with E-state index >= 15 is 0 Å². The van der Waals surface area contributed by atoms with Crippen LogP contribution in [0.15, 0.2) is 30.6 Å². The van der Waals surface area contributed by atoms with Gasteiger partial charge in [-0.15, -0.1) is 0 Å². The number of carbonyl (C=O) groups is 1. The van der Waals surface area contributed by atoms with Crippen LogP contribution in [0.25, 0.3) is 0 Å². The van der Waals surface area contributed by atoms with Gasteiger partial charge in [-0.05, 0) is 11.6 Å². The van der Waals surface area contributed by atoms with Crippen molar-refractivity contribution >= 4 is 11.7 Å². The highest BCUT2D eigenvalue weighted by molar-refractivity contribution is 5.71. The first-order valence-corrected chi connectivity index (χ1v) is 6.53. The molecular weight excluding hydrogens is 256 g/mol. The van der Waals surface area contributed by atoms with Crippen molar-refractivity contribution in [2.24, 2.45) is 7.05 Å². The van der Waals surface area contributed by atoms with Gasteiger partial charge in [0.05, 0.1) is 13.0 Å². The molecule has 0 radical (unpaired) electrons. The predicted octanol–water partition coefficient (Wildman–Crippen LogP) is 1.39. The van der Waals surface area contributed by atoms with Crippen LogP contribution in [0.1, 0.15) is 23.7 Å². The lowest BCUT2D eigenvalue weighted by molar-refractivity contribution is -0.137. The van der Waals surface area contributed by atoms with Gasteiger partial charge in [0.2, 0.25) is 0 Å². The van der Waals surface area contributed by atoms with Gasteiger partial charge >= 0.3 is 5.97 Å². The summed E-state index contributed by atoms with van der Waals surface area (Å²) in [6.45, 7) is 1.35. The van der Waals surface area contributed by atoms with Crippen molar-refractivity contribution in [1.82, 2.24) is 14.8 Å². The maximum atomic E-state index is 11.0. The van der Waals surface area contributed by atoms with Gasteiger partial charge in [-0.3, -0.25) is 9.48 Å². The van der Waals surface area contributed by atoms with E-state index in [4.69, 9.17) is 5.11 Å². The van der Waals surface area contributed by atoms with Gasteiger partial charge in [-0.25, -0.2) is 4.98 Å². The summed E-state index contributed by atoms with van der Waals surface area (Å²) in [5.74, 6) is 0.151. The minimum Gasteiger partial charge on any atom is -0.481 e. The molecule has 0 saturated heterocycles. The summed E-state index contributed by atoms with van der Waals surface area (Å²) < 4.78 is 1.74. The number of hydrogen-bond donors (Lipinski definition) is 1. The van der Waals surface area contributed by atoms with E-state index < -0.39 is 5.97 Å². The topological polar surface area (TPSA) is 71.2 Å². The first-order valence-electron chi connectivity index (χ1n) is 6.53. The molecule has 0 aliphatic carbocycles. The summed E-state index contributed by atoms with van der Waals surface area (Å²) in [4.78, 5) is 17.4. The van der Waals surface area contributed by atoms with Gasteiger partial charge in [0.1, 0.15) is 12.2 Å². The van der Waals surface area contributed by atoms with Crippen LogP contribution in [-0.4, -0.2) is 32.4 Å². The molecule has 104 valence electrons. The fraction of sp³-hybridized carbons (Fsp3) is 0.357. The fourth-order valence-electron chi connectivity index (χ4n) is 2.75. The summed E-state index contributed by atoms with van der Waals surface area (Å²) in [7, 11) is 1.86. The SMILES string of the molecule is Cn1ncnc1CN1CC(CC(=O)O)c2ccccc21. The number of hydrogen-bond acceptors (Lipinski definition) is 4. The largest absolute Gasteiger partial charge is 0.481 e. The molecule has 2 heterocycles. The Morgan fingerprint density at radius 1 is 1.45 bits per heavy atom. The predicted molar refractivity (Wildman–Crippen MR) is 73.5 cm³/mol. The molecule has 6 nitrogen and oxygen atoms in total. The molecule has 1 N–H and O–H groups in total. The van der Waals surface area contributed by atoms with Crippen LogP contribution in [0.5, 0.6) is 0 Å². The van der Waals surface area contributed by atoms with Crippen LogP contribution >= 0.6 is 0 Å². The third-order valence-electron chi connectivity index (χ3n) is 3.72. The van der Waals surface area contributed by atoms with Crippen molar-refractivity contribution < 1.29 is 9.90 Å². The Morgan fingerprint density at radius 2 is 2.25 bits per heavy atom.